The van der Waals surface area contributed by atoms with Gasteiger partial charge in [-0.15, -0.1) is 0 Å². The Labute approximate surface area is 88.7 Å². The van der Waals surface area contributed by atoms with Crippen molar-refractivity contribution in [2.45, 2.75) is 24.9 Å². The fourth-order valence-corrected chi connectivity index (χ4v) is 1.97. The largest absolute Gasteiger partial charge is 0.481 e. The molecule has 0 aliphatic carbocycles. The lowest BCUT2D eigenvalue weighted by Gasteiger charge is -2.42. The SMILES string of the molecule is O=C(O)CCC1(c2ccccc2)CCO1. The second-order valence-electron chi connectivity index (χ2n) is 3.85. The summed E-state index contributed by atoms with van der Waals surface area (Å²) in [5, 5.41) is 8.69. The van der Waals surface area contributed by atoms with Crippen LogP contribution in [0.15, 0.2) is 30.3 Å². The van der Waals surface area contributed by atoms with E-state index in [-0.39, 0.29) is 12.0 Å². The summed E-state index contributed by atoms with van der Waals surface area (Å²) in [6, 6.07) is 9.87. The van der Waals surface area contributed by atoms with Gasteiger partial charge in [-0.25, -0.2) is 0 Å². The fraction of sp³-hybridized carbons (Fsp3) is 0.417. The minimum Gasteiger partial charge on any atom is -0.481 e. The molecule has 1 aliphatic heterocycles. The number of carboxylic acid groups (broad SMARTS) is 1. The Balaban J connectivity index is 2.12. The van der Waals surface area contributed by atoms with E-state index in [2.05, 4.69) is 0 Å². The highest BCUT2D eigenvalue weighted by Gasteiger charge is 2.39. The van der Waals surface area contributed by atoms with E-state index >= 15 is 0 Å². The highest BCUT2D eigenvalue weighted by molar-refractivity contribution is 5.66. The third kappa shape index (κ3) is 2.02. The Kier molecular flexibility index (Phi) is 2.73. The first kappa shape index (κ1) is 10.2. The molecule has 15 heavy (non-hydrogen) atoms. The minimum absolute atomic E-state index is 0.162. The molecule has 1 atom stereocenters. The lowest BCUT2D eigenvalue weighted by molar-refractivity contribution is -0.165. The minimum atomic E-state index is -0.763. The number of hydrogen-bond donors (Lipinski definition) is 1. The summed E-state index contributed by atoms with van der Waals surface area (Å²) in [4.78, 5) is 10.6. The van der Waals surface area contributed by atoms with E-state index < -0.39 is 5.97 Å². The normalized spacial score (nSPS) is 24.5. The predicted molar refractivity (Wildman–Crippen MR) is 55.6 cm³/mol. The van der Waals surface area contributed by atoms with Crippen molar-refractivity contribution >= 4 is 5.97 Å². The second-order valence-corrected chi connectivity index (χ2v) is 3.85. The van der Waals surface area contributed by atoms with Crippen LogP contribution in [0.2, 0.25) is 0 Å². The molecule has 1 aromatic carbocycles. The van der Waals surface area contributed by atoms with Gasteiger partial charge in [-0.2, -0.15) is 0 Å². The summed E-state index contributed by atoms with van der Waals surface area (Å²) in [5.74, 6) is -0.763. The van der Waals surface area contributed by atoms with E-state index in [1.807, 2.05) is 30.3 Å². The number of rotatable bonds is 4. The van der Waals surface area contributed by atoms with Gasteiger partial charge in [0.05, 0.1) is 12.2 Å². The maximum Gasteiger partial charge on any atom is 0.303 e. The standard InChI is InChI=1S/C12H14O3/c13-11(14)6-7-12(8-9-15-12)10-4-2-1-3-5-10/h1-5H,6-9H2,(H,13,14). The molecule has 0 radical (unpaired) electrons. The molecule has 3 heteroatoms. The highest BCUT2D eigenvalue weighted by Crippen LogP contribution is 2.41. The Morgan fingerprint density at radius 2 is 2.07 bits per heavy atom. The molecule has 1 fully saturated rings. The topological polar surface area (TPSA) is 46.5 Å². The molecule has 1 unspecified atom stereocenters. The second kappa shape index (κ2) is 4.03. The monoisotopic (exact) mass is 206 g/mol. The van der Waals surface area contributed by atoms with Gasteiger partial charge in [-0.3, -0.25) is 4.79 Å². The van der Waals surface area contributed by atoms with Gasteiger partial charge in [0.25, 0.3) is 0 Å². The van der Waals surface area contributed by atoms with Crippen LogP contribution in [0.3, 0.4) is 0 Å². The van der Waals surface area contributed by atoms with Crippen LogP contribution in [0.1, 0.15) is 24.8 Å². The predicted octanol–water partition coefficient (Wildman–Crippen LogP) is 2.17. The van der Waals surface area contributed by atoms with Crippen LogP contribution in [0.4, 0.5) is 0 Å². The van der Waals surface area contributed by atoms with E-state index in [1.54, 1.807) is 0 Å². The third-order valence-electron chi connectivity index (χ3n) is 2.93. The van der Waals surface area contributed by atoms with Crippen LogP contribution in [-0.2, 0) is 15.1 Å². The van der Waals surface area contributed by atoms with Crippen LogP contribution in [0.5, 0.6) is 0 Å². The van der Waals surface area contributed by atoms with E-state index in [0.717, 1.165) is 18.6 Å². The molecule has 80 valence electrons. The van der Waals surface area contributed by atoms with Crippen molar-refractivity contribution in [3.63, 3.8) is 0 Å². The Hall–Kier alpha value is -1.35. The van der Waals surface area contributed by atoms with Crippen molar-refractivity contribution in [3.05, 3.63) is 35.9 Å². The number of carboxylic acids is 1. The summed E-state index contributed by atoms with van der Waals surface area (Å²) in [5.41, 5.74) is 0.761. The molecule has 1 N–H and O–H groups in total. The van der Waals surface area contributed by atoms with Crippen LogP contribution in [0, 0.1) is 0 Å². The Bertz CT molecular complexity index is 341. The summed E-state index contributed by atoms with van der Waals surface area (Å²) in [6.45, 7) is 0.731. The van der Waals surface area contributed by atoms with Crippen molar-refractivity contribution in [3.8, 4) is 0 Å². The molecule has 0 amide bonds. The highest BCUT2D eigenvalue weighted by atomic mass is 16.5. The Morgan fingerprint density at radius 3 is 2.53 bits per heavy atom. The molecule has 0 bridgehead atoms. The van der Waals surface area contributed by atoms with Gasteiger partial charge >= 0.3 is 5.97 Å². The van der Waals surface area contributed by atoms with Crippen molar-refractivity contribution in [2.75, 3.05) is 6.61 Å². The first-order valence-electron chi connectivity index (χ1n) is 5.14. The molecule has 1 saturated heterocycles. The Morgan fingerprint density at radius 1 is 1.40 bits per heavy atom. The number of benzene rings is 1. The van der Waals surface area contributed by atoms with E-state index in [4.69, 9.17) is 9.84 Å². The zero-order chi connectivity index (χ0) is 10.7. The van der Waals surface area contributed by atoms with Gasteiger partial charge in [0.1, 0.15) is 0 Å². The molecule has 3 nitrogen and oxygen atoms in total. The lowest BCUT2D eigenvalue weighted by Crippen LogP contribution is -2.41. The van der Waals surface area contributed by atoms with E-state index in [1.165, 1.54) is 0 Å². The zero-order valence-corrected chi connectivity index (χ0v) is 8.48. The average Bonchev–Trinajstić information content (AvgIpc) is 2.17. The molecule has 2 rings (SSSR count). The van der Waals surface area contributed by atoms with Crippen molar-refractivity contribution in [1.82, 2.24) is 0 Å². The first-order chi connectivity index (χ1) is 7.23. The van der Waals surface area contributed by atoms with Gasteiger partial charge in [-0.1, -0.05) is 30.3 Å². The van der Waals surface area contributed by atoms with Gasteiger partial charge in [0.15, 0.2) is 0 Å². The lowest BCUT2D eigenvalue weighted by atomic mass is 9.82. The summed E-state index contributed by atoms with van der Waals surface area (Å²) < 4.78 is 5.59. The van der Waals surface area contributed by atoms with Crippen molar-refractivity contribution < 1.29 is 14.6 Å². The smallest absolute Gasteiger partial charge is 0.303 e. The molecule has 0 spiro atoms. The van der Waals surface area contributed by atoms with Gasteiger partial charge < -0.3 is 9.84 Å². The van der Waals surface area contributed by atoms with Crippen LogP contribution in [0.25, 0.3) is 0 Å². The van der Waals surface area contributed by atoms with E-state index in [9.17, 15) is 4.79 Å². The molecule has 1 heterocycles. The zero-order valence-electron chi connectivity index (χ0n) is 8.48. The van der Waals surface area contributed by atoms with Gasteiger partial charge in [0, 0.05) is 12.8 Å². The summed E-state index contributed by atoms with van der Waals surface area (Å²) in [6.07, 6.45) is 1.64. The first-order valence-corrected chi connectivity index (χ1v) is 5.14. The quantitative estimate of drug-likeness (QED) is 0.821. The fourth-order valence-electron chi connectivity index (χ4n) is 1.97. The maximum atomic E-state index is 10.6. The molecule has 1 aliphatic rings. The molecular weight excluding hydrogens is 192 g/mol. The van der Waals surface area contributed by atoms with Gasteiger partial charge in [0.2, 0.25) is 0 Å². The number of aliphatic carboxylic acids is 1. The maximum absolute atomic E-state index is 10.6. The van der Waals surface area contributed by atoms with Crippen molar-refractivity contribution in [1.29, 1.82) is 0 Å². The van der Waals surface area contributed by atoms with Crippen LogP contribution in [-0.4, -0.2) is 17.7 Å². The summed E-state index contributed by atoms with van der Waals surface area (Å²) >= 11 is 0. The number of ether oxygens (including phenoxy) is 1. The molecule has 1 aromatic rings. The third-order valence-corrected chi connectivity index (χ3v) is 2.93. The van der Waals surface area contributed by atoms with E-state index in [0.29, 0.717) is 6.42 Å². The summed E-state index contributed by atoms with van der Waals surface area (Å²) in [7, 11) is 0. The average molecular weight is 206 g/mol. The number of carbonyl (C=O) groups is 1. The number of hydrogen-bond acceptors (Lipinski definition) is 2. The van der Waals surface area contributed by atoms with Crippen LogP contribution < -0.4 is 0 Å². The van der Waals surface area contributed by atoms with Gasteiger partial charge in [-0.05, 0) is 12.0 Å². The molecular formula is C12H14O3. The molecule has 0 aromatic heterocycles. The van der Waals surface area contributed by atoms with Crippen LogP contribution >= 0.6 is 0 Å². The molecule has 0 saturated carbocycles. The van der Waals surface area contributed by atoms with Crippen molar-refractivity contribution in [2.24, 2.45) is 0 Å².